The van der Waals surface area contributed by atoms with Crippen LogP contribution in [0.1, 0.15) is 11.1 Å². The van der Waals surface area contributed by atoms with E-state index >= 15 is 0 Å². The van der Waals surface area contributed by atoms with Gasteiger partial charge in [-0.05, 0) is 23.8 Å². The minimum Gasteiger partial charge on any atom is -0.497 e. The quantitative estimate of drug-likeness (QED) is 0.878. The van der Waals surface area contributed by atoms with Crippen molar-refractivity contribution in [3.8, 4) is 11.5 Å². The molecule has 0 radical (unpaired) electrons. The Hall–Kier alpha value is -2.00. The Morgan fingerprint density at radius 1 is 1.06 bits per heavy atom. The molecule has 0 heterocycles. The molecule has 2 aromatic rings. The summed E-state index contributed by atoms with van der Waals surface area (Å²) in [6.07, 6.45) is 0. The Morgan fingerprint density at radius 2 is 1.89 bits per heavy atom. The van der Waals surface area contributed by atoms with Crippen molar-refractivity contribution in [3.63, 3.8) is 0 Å². The zero-order valence-corrected chi connectivity index (χ0v) is 10.4. The standard InChI is InChI=1S/C15H17NO2/c1-17-14-7-4-5-12(9-14)11-18-15-8-3-2-6-13(15)10-16/h2-9H,10-11,16H2,1H3. The van der Waals surface area contributed by atoms with Gasteiger partial charge in [-0.1, -0.05) is 30.3 Å². The highest BCUT2D eigenvalue weighted by Gasteiger charge is 2.02. The molecule has 0 spiro atoms. The van der Waals surface area contributed by atoms with Crippen molar-refractivity contribution < 1.29 is 9.47 Å². The zero-order valence-electron chi connectivity index (χ0n) is 10.4. The van der Waals surface area contributed by atoms with Crippen LogP contribution in [0.25, 0.3) is 0 Å². The maximum absolute atomic E-state index is 5.78. The molecule has 3 heteroatoms. The molecule has 0 unspecified atom stereocenters. The molecule has 0 aliphatic carbocycles. The van der Waals surface area contributed by atoms with Crippen LogP contribution in [0.5, 0.6) is 11.5 Å². The van der Waals surface area contributed by atoms with E-state index in [9.17, 15) is 0 Å². The van der Waals surface area contributed by atoms with Gasteiger partial charge in [-0.15, -0.1) is 0 Å². The lowest BCUT2D eigenvalue weighted by Gasteiger charge is -2.10. The van der Waals surface area contributed by atoms with Crippen LogP contribution in [0.4, 0.5) is 0 Å². The van der Waals surface area contributed by atoms with E-state index in [2.05, 4.69) is 0 Å². The summed E-state index contributed by atoms with van der Waals surface area (Å²) >= 11 is 0. The van der Waals surface area contributed by atoms with E-state index in [4.69, 9.17) is 15.2 Å². The molecule has 0 aromatic heterocycles. The van der Waals surface area contributed by atoms with E-state index in [-0.39, 0.29) is 0 Å². The van der Waals surface area contributed by atoms with E-state index in [1.54, 1.807) is 7.11 Å². The second-order valence-electron chi connectivity index (χ2n) is 3.95. The number of nitrogens with two attached hydrogens (primary N) is 1. The van der Waals surface area contributed by atoms with Crippen molar-refractivity contribution in [1.29, 1.82) is 0 Å². The number of benzene rings is 2. The Kier molecular flexibility index (Phi) is 4.20. The number of methoxy groups -OCH3 is 1. The Morgan fingerprint density at radius 3 is 2.67 bits per heavy atom. The van der Waals surface area contributed by atoms with Crippen molar-refractivity contribution in [2.75, 3.05) is 7.11 Å². The first-order chi connectivity index (χ1) is 8.83. The molecule has 18 heavy (non-hydrogen) atoms. The third-order valence-electron chi connectivity index (χ3n) is 2.72. The maximum Gasteiger partial charge on any atom is 0.124 e. The van der Waals surface area contributed by atoms with Gasteiger partial charge in [-0.25, -0.2) is 0 Å². The number of rotatable bonds is 5. The van der Waals surface area contributed by atoms with Crippen LogP contribution in [0.3, 0.4) is 0 Å². The highest BCUT2D eigenvalue weighted by atomic mass is 16.5. The van der Waals surface area contributed by atoms with Crippen molar-refractivity contribution in [3.05, 3.63) is 59.7 Å². The SMILES string of the molecule is COc1cccc(COc2ccccc2CN)c1. The molecule has 0 aliphatic rings. The van der Waals surface area contributed by atoms with Gasteiger partial charge >= 0.3 is 0 Å². The van der Waals surface area contributed by atoms with E-state index in [0.29, 0.717) is 13.2 Å². The molecule has 0 saturated heterocycles. The van der Waals surface area contributed by atoms with Gasteiger partial charge in [0.2, 0.25) is 0 Å². The Balaban J connectivity index is 2.06. The fraction of sp³-hybridized carbons (Fsp3) is 0.200. The predicted octanol–water partition coefficient (Wildman–Crippen LogP) is 2.73. The number of hydrogen-bond donors (Lipinski definition) is 1. The van der Waals surface area contributed by atoms with E-state index in [1.165, 1.54) is 0 Å². The van der Waals surface area contributed by atoms with Gasteiger partial charge in [-0.2, -0.15) is 0 Å². The van der Waals surface area contributed by atoms with Gasteiger partial charge < -0.3 is 15.2 Å². The second-order valence-corrected chi connectivity index (χ2v) is 3.95. The van der Waals surface area contributed by atoms with Gasteiger partial charge in [-0.3, -0.25) is 0 Å². The van der Waals surface area contributed by atoms with Gasteiger partial charge in [0, 0.05) is 12.1 Å². The van der Waals surface area contributed by atoms with Gasteiger partial charge in [0.15, 0.2) is 0 Å². The first kappa shape index (κ1) is 12.5. The molecule has 2 rings (SSSR count). The molecule has 0 saturated carbocycles. The molecule has 0 atom stereocenters. The van der Waals surface area contributed by atoms with Crippen LogP contribution in [-0.2, 0) is 13.2 Å². The van der Waals surface area contributed by atoms with Crippen LogP contribution in [0.2, 0.25) is 0 Å². The summed E-state index contributed by atoms with van der Waals surface area (Å²) in [5.41, 5.74) is 7.75. The number of para-hydroxylation sites is 1. The highest BCUT2D eigenvalue weighted by Crippen LogP contribution is 2.20. The summed E-state index contributed by atoms with van der Waals surface area (Å²) in [4.78, 5) is 0. The fourth-order valence-corrected chi connectivity index (χ4v) is 1.74. The largest absolute Gasteiger partial charge is 0.497 e. The van der Waals surface area contributed by atoms with Crippen LogP contribution in [-0.4, -0.2) is 7.11 Å². The molecule has 0 bridgehead atoms. The smallest absolute Gasteiger partial charge is 0.124 e. The summed E-state index contributed by atoms with van der Waals surface area (Å²) < 4.78 is 11.0. The molecule has 94 valence electrons. The Bertz CT molecular complexity index is 511. The third kappa shape index (κ3) is 3.02. The Labute approximate surface area is 107 Å². The van der Waals surface area contributed by atoms with Crippen molar-refractivity contribution >= 4 is 0 Å². The average Bonchev–Trinajstić information content (AvgIpc) is 2.45. The molecule has 2 N–H and O–H groups in total. The topological polar surface area (TPSA) is 44.5 Å². The van der Waals surface area contributed by atoms with Crippen LogP contribution >= 0.6 is 0 Å². The molecule has 0 fully saturated rings. The fourth-order valence-electron chi connectivity index (χ4n) is 1.74. The first-order valence-electron chi connectivity index (χ1n) is 5.87. The average molecular weight is 243 g/mol. The summed E-state index contributed by atoms with van der Waals surface area (Å²) in [5, 5.41) is 0. The lowest BCUT2D eigenvalue weighted by atomic mass is 10.2. The summed E-state index contributed by atoms with van der Waals surface area (Å²) in [5.74, 6) is 1.67. The van der Waals surface area contributed by atoms with Gasteiger partial charge in [0.05, 0.1) is 7.11 Å². The molecule has 0 aliphatic heterocycles. The minimum absolute atomic E-state index is 0.480. The third-order valence-corrected chi connectivity index (χ3v) is 2.72. The van der Waals surface area contributed by atoms with Gasteiger partial charge in [0.1, 0.15) is 18.1 Å². The number of hydrogen-bond acceptors (Lipinski definition) is 3. The normalized spacial score (nSPS) is 10.1. The summed E-state index contributed by atoms with van der Waals surface area (Å²) in [7, 11) is 1.66. The minimum atomic E-state index is 0.480. The molecule has 2 aromatic carbocycles. The number of ether oxygens (including phenoxy) is 2. The molecule has 3 nitrogen and oxygen atoms in total. The lowest BCUT2D eigenvalue weighted by Crippen LogP contribution is -2.02. The monoisotopic (exact) mass is 243 g/mol. The van der Waals surface area contributed by atoms with E-state index < -0.39 is 0 Å². The van der Waals surface area contributed by atoms with E-state index in [0.717, 1.165) is 22.6 Å². The second kappa shape index (κ2) is 6.07. The lowest BCUT2D eigenvalue weighted by molar-refractivity contribution is 0.302. The maximum atomic E-state index is 5.78. The van der Waals surface area contributed by atoms with Crippen LogP contribution < -0.4 is 15.2 Å². The van der Waals surface area contributed by atoms with Crippen molar-refractivity contribution in [1.82, 2.24) is 0 Å². The molecule has 0 amide bonds. The molecular weight excluding hydrogens is 226 g/mol. The summed E-state index contributed by atoms with van der Waals surface area (Å²) in [6, 6.07) is 15.6. The van der Waals surface area contributed by atoms with Gasteiger partial charge in [0.25, 0.3) is 0 Å². The molecular formula is C15H17NO2. The van der Waals surface area contributed by atoms with E-state index in [1.807, 2.05) is 48.5 Å². The summed E-state index contributed by atoms with van der Waals surface area (Å²) in [6.45, 7) is 0.989. The van der Waals surface area contributed by atoms with Crippen molar-refractivity contribution in [2.45, 2.75) is 13.2 Å². The van der Waals surface area contributed by atoms with Crippen LogP contribution in [0, 0.1) is 0 Å². The van der Waals surface area contributed by atoms with Crippen LogP contribution in [0.15, 0.2) is 48.5 Å². The van der Waals surface area contributed by atoms with Crippen molar-refractivity contribution in [2.24, 2.45) is 5.73 Å². The first-order valence-corrected chi connectivity index (χ1v) is 5.87. The highest BCUT2D eigenvalue weighted by molar-refractivity contribution is 5.34. The zero-order chi connectivity index (χ0) is 12.8. The predicted molar refractivity (Wildman–Crippen MR) is 71.7 cm³/mol.